The van der Waals surface area contributed by atoms with Gasteiger partial charge in [-0.2, -0.15) is 0 Å². The molecule has 1 fully saturated rings. The third-order valence-electron chi connectivity index (χ3n) is 4.29. The lowest BCUT2D eigenvalue weighted by atomic mass is 9.91. The van der Waals surface area contributed by atoms with Crippen LogP contribution in [0.25, 0.3) is 0 Å². The van der Waals surface area contributed by atoms with E-state index in [0.717, 1.165) is 5.92 Å². The van der Waals surface area contributed by atoms with Gasteiger partial charge in [0.15, 0.2) is 0 Å². The standard InChI is InChI=1S/C16H26/c1-14-10-7-5-3-2-4-6-8-11-15-12-9-13-16(14)15/h7,10,15H,2-6,8-9,11-13H2,1H3/b10-7+,16-14-. The van der Waals surface area contributed by atoms with Crippen molar-refractivity contribution in [2.45, 2.75) is 71.1 Å². The van der Waals surface area contributed by atoms with E-state index in [4.69, 9.17) is 0 Å². The van der Waals surface area contributed by atoms with Gasteiger partial charge in [-0.15, -0.1) is 0 Å². The molecule has 0 saturated heterocycles. The zero-order valence-electron chi connectivity index (χ0n) is 10.8. The maximum atomic E-state index is 2.40. The first kappa shape index (κ1) is 12.0. The van der Waals surface area contributed by atoms with Crippen LogP contribution >= 0.6 is 0 Å². The first-order valence-corrected chi connectivity index (χ1v) is 7.24. The van der Waals surface area contributed by atoms with Crippen LogP contribution in [0.3, 0.4) is 0 Å². The average Bonchev–Trinajstić information content (AvgIpc) is 2.73. The van der Waals surface area contributed by atoms with Crippen LogP contribution in [0, 0.1) is 5.92 Å². The molecule has 0 amide bonds. The summed E-state index contributed by atoms with van der Waals surface area (Å²) in [4.78, 5) is 0. The molecule has 0 heterocycles. The molecule has 0 aliphatic heterocycles. The van der Waals surface area contributed by atoms with Crippen LogP contribution in [0.5, 0.6) is 0 Å². The van der Waals surface area contributed by atoms with Crippen LogP contribution in [0.2, 0.25) is 0 Å². The van der Waals surface area contributed by atoms with Crippen LogP contribution in [-0.2, 0) is 0 Å². The molecule has 2 rings (SSSR count). The van der Waals surface area contributed by atoms with Gasteiger partial charge in [-0.3, -0.25) is 0 Å². The minimum atomic E-state index is 0.934. The fourth-order valence-corrected chi connectivity index (χ4v) is 3.31. The van der Waals surface area contributed by atoms with E-state index in [1.807, 2.05) is 0 Å². The molecule has 16 heavy (non-hydrogen) atoms. The summed E-state index contributed by atoms with van der Waals surface area (Å²) in [6.07, 6.45) is 19.0. The van der Waals surface area contributed by atoms with Gasteiger partial charge in [0.05, 0.1) is 0 Å². The van der Waals surface area contributed by atoms with Crippen molar-refractivity contribution in [2.24, 2.45) is 5.92 Å². The summed E-state index contributed by atoms with van der Waals surface area (Å²) in [6.45, 7) is 2.33. The van der Waals surface area contributed by atoms with Crippen LogP contribution in [0.1, 0.15) is 71.1 Å². The van der Waals surface area contributed by atoms with Crippen LogP contribution < -0.4 is 0 Å². The molecule has 0 bridgehead atoms. The maximum Gasteiger partial charge on any atom is -0.0197 e. The molecule has 2 aliphatic carbocycles. The Morgan fingerprint density at radius 1 is 0.938 bits per heavy atom. The summed E-state index contributed by atoms with van der Waals surface area (Å²) in [5.74, 6) is 0.934. The fraction of sp³-hybridized carbons (Fsp3) is 0.750. The molecule has 1 unspecified atom stereocenters. The normalized spacial score (nSPS) is 34.9. The number of hydrogen-bond donors (Lipinski definition) is 0. The molecule has 0 aromatic rings. The van der Waals surface area contributed by atoms with E-state index in [2.05, 4.69) is 19.1 Å². The third kappa shape index (κ3) is 3.23. The first-order chi connectivity index (χ1) is 7.88. The summed E-state index contributed by atoms with van der Waals surface area (Å²) in [5, 5.41) is 0. The summed E-state index contributed by atoms with van der Waals surface area (Å²) in [7, 11) is 0. The Morgan fingerprint density at radius 2 is 1.69 bits per heavy atom. The average molecular weight is 218 g/mol. The van der Waals surface area contributed by atoms with Gasteiger partial charge in [-0.1, -0.05) is 49.0 Å². The smallest absolute Gasteiger partial charge is 0.0197 e. The number of hydrogen-bond acceptors (Lipinski definition) is 0. The van der Waals surface area contributed by atoms with Crippen molar-refractivity contribution in [3.05, 3.63) is 23.3 Å². The van der Waals surface area contributed by atoms with E-state index < -0.39 is 0 Å². The van der Waals surface area contributed by atoms with Crippen molar-refractivity contribution in [3.63, 3.8) is 0 Å². The molecule has 0 aromatic heterocycles. The molecular formula is C16H26. The highest BCUT2D eigenvalue weighted by Gasteiger charge is 2.21. The molecule has 0 radical (unpaired) electrons. The zero-order valence-corrected chi connectivity index (χ0v) is 10.8. The Hall–Kier alpha value is -0.520. The van der Waals surface area contributed by atoms with Gasteiger partial charge >= 0.3 is 0 Å². The number of allylic oxidation sites excluding steroid dienone is 4. The lowest BCUT2D eigenvalue weighted by Crippen LogP contribution is -1.99. The number of fused-ring (bicyclic) bond motifs is 1. The van der Waals surface area contributed by atoms with Crippen molar-refractivity contribution in [1.29, 1.82) is 0 Å². The van der Waals surface area contributed by atoms with Crippen LogP contribution in [0.4, 0.5) is 0 Å². The van der Waals surface area contributed by atoms with Gasteiger partial charge in [0.2, 0.25) is 0 Å². The molecule has 0 heteroatoms. The predicted octanol–water partition coefficient (Wildman–Crippen LogP) is 5.40. The Balaban J connectivity index is 2.06. The van der Waals surface area contributed by atoms with E-state index in [1.54, 1.807) is 11.1 Å². The van der Waals surface area contributed by atoms with Crippen molar-refractivity contribution in [1.82, 2.24) is 0 Å². The van der Waals surface area contributed by atoms with E-state index in [0.29, 0.717) is 0 Å². The molecule has 90 valence electrons. The minimum Gasteiger partial charge on any atom is -0.0843 e. The second kappa shape index (κ2) is 6.27. The third-order valence-corrected chi connectivity index (χ3v) is 4.29. The lowest BCUT2D eigenvalue weighted by molar-refractivity contribution is 0.508. The Labute approximate surface area is 101 Å². The maximum absolute atomic E-state index is 2.40. The zero-order chi connectivity index (χ0) is 11.2. The summed E-state index contributed by atoms with van der Waals surface area (Å²) >= 11 is 0. The van der Waals surface area contributed by atoms with Crippen molar-refractivity contribution in [2.75, 3.05) is 0 Å². The van der Waals surface area contributed by atoms with E-state index in [9.17, 15) is 0 Å². The molecule has 0 nitrogen and oxygen atoms in total. The molecule has 0 aromatic carbocycles. The number of rotatable bonds is 0. The highest BCUT2D eigenvalue weighted by molar-refractivity contribution is 5.27. The van der Waals surface area contributed by atoms with Crippen molar-refractivity contribution < 1.29 is 0 Å². The Kier molecular flexibility index (Phi) is 4.69. The monoisotopic (exact) mass is 218 g/mol. The largest absolute Gasteiger partial charge is 0.0843 e. The van der Waals surface area contributed by atoms with Crippen molar-refractivity contribution >= 4 is 0 Å². The highest BCUT2D eigenvalue weighted by atomic mass is 14.3. The molecule has 1 atom stereocenters. The van der Waals surface area contributed by atoms with Gasteiger partial charge in [-0.25, -0.2) is 0 Å². The fourth-order valence-electron chi connectivity index (χ4n) is 3.31. The molecule has 0 spiro atoms. The first-order valence-electron chi connectivity index (χ1n) is 7.24. The molecule has 2 aliphatic rings. The summed E-state index contributed by atoms with van der Waals surface area (Å²) in [5.41, 5.74) is 3.37. The van der Waals surface area contributed by atoms with Gasteiger partial charge in [-0.05, 0) is 51.4 Å². The summed E-state index contributed by atoms with van der Waals surface area (Å²) in [6, 6.07) is 0. The van der Waals surface area contributed by atoms with Gasteiger partial charge in [0, 0.05) is 0 Å². The highest BCUT2D eigenvalue weighted by Crippen LogP contribution is 2.37. The van der Waals surface area contributed by atoms with Gasteiger partial charge < -0.3 is 0 Å². The second-order valence-corrected chi connectivity index (χ2v) is 5.54. The SMILES string of the molecule is CC1=C2\CCCC2CCCCCCC\C=C\1. The van der Waals surface area contributed by atoms with Crippen LogP contribution in [-0.4, -0.2) is 0 Å². The predicted molar refractivity (Wildman–Crippen MR) is 71.5 cm³/mol. The lowest BCUT2D eigenvalue weighted by Gasteiger charge is -2.14. The van der Waals surface area contributed by atoms with Crippen LogP contribution in [0.15, 0.2) is 23.3 Å². The molecule has 1 saturated carbocycles. The van der Waals surface area contributed by atoms with Gasteiger partial charge in [0.25, 0.3) is 0 Å². The van der Waals surface area contributed by atoms with E-state index in [-0.39, 0.29) is 0 Å². The Bertz CT molecular complexity index is 270. The topological polar surface area (TPSA) is 0 Å². The minimum absolute atomic E-state index is 0.934. The quantitative estimate of drug-likeness (QED) is 0.510. The van der Waals surface area contributed by atoms with Gasteiger partial charge in [0.1, 0.15) is 0 Å². The molecule has 0 N–H and O–H groups in total. The van der Waals surface area contributed by atoms with Crippen molar-refractivity contribution in [3.8, 4) is 0 Å². The molecular weight excluding hydrogens is 192 g/mol. The van der Waals surface area contributed by atoms with E-state index in [1.165, 1.54) is 64.2 Å². The van der Waals surface area contributed by atoms with E-state index >= 15 is 0 Å². The Morgan fingerprint density at radius 3 is 2.62 bits per heavy atom. The second-order valence-electron chi connectivity index (χ2n) is 5.54. The summed E-state index contributed by atoms with van der Waals surface area (Å²) < 4.78 is 0.